The number of hydrogen-bond donors (Lipinski definition) is 2. The van der Waals surface area contributed by atoms with Gasteiger partial charge in [0.05, 0.1) is 0 Å². The van der Waals surface area contributed by atoms with Gasteiger partial charge in [0.2, 0.25) is 0 Å². The van der Waals surface area contributed by atoms with Crippen LogP contribution in [0.1, 0.15) is 24.8 Å². The van der Waals surface area contributed by atoms with E-state index in [1.54, 1.807) is 0 Å². The van der Waals surface area contributed by atoms with Crippen LogP contribution in [0, 0.1) is 5.92 Å². The van der Waals surface area contributed by atoms with Gasteiger partial charge in [-0.05, 0) is 17.9 Å². The van der Waals surface area contributed by atoms with Crippen LogP contribution in [0.5, 0.6) is 0 Å². The lowest BCUT2D eigenvalue weighted by Gasteiger charge is -2.17. The third kappa shape index (κ3) is 3.42. The van der Waals surface area contributed by atoms with E-state index in [2.05, 4.69) is 54.7 Å². The highest BCUT2D eigenvalue weighted by Gasteiger charge is 2.18. The summed E-state index contributed by atoms with van der Waals surface area (Å²) in [5.41, 5.74) is 1.38. The van der Waals surface area contributed by atoms with E-state index in [9.17, 15) is 0 Å². The number of hydrogen-bond acceptors (Lipinski definition) is 2. The maximum Gasteiger partial charge on any atom is 0.0494 e. The van der Waals surface area contributed by atoms with Crippen molar-refractivity contribution < 1.29 is 5.11 Å². The van der Waals surface area contributed by atoms with Crippen LogP contribution in [-0.4, -0.2) is 24.3 Å². The second-order valence-corrected chi connectivity index (χ2v) is 4.89. The molecule has 2 rings (SSSR count). The van der Waals surface area contributed by atoms with Crippen LogP contribution in [0.4, 0.5) is 0 Å². The molecular weight excluding hydrogens is 210 g/mol. The molecule has 0 saturated carbocycles. The van der Waals surface area contributed by atoms with E-state index in [0.29, 0.717) is 17.9 Å². The summed E-state index contributed by atoms with van der Waals surface area (Å²) >= 11 is 0. The summed E-state index contributed by atoms with van der Waals surface area (Å²) < 4.78 is 0. The van der Waals surface area contributed by atoms with Gasteiger partial charge in [0.25, 0.3) is 0 Å². The topological polar surface area (TPSA) is 32.3 Å². The molecule has 0 radical (unpaired) electrons. The molecule has 17 heavy (non-hydrogen) atoms. The van der Waals surface area contributed by atoms with Gasteiger partial charge in [-0.2, -0.15) is 0 Å². The molecule has 0 aromatic heterocycles. The van der Waals surface area contributed by atoms with Crippen LogP contribution in [0.2, 0.25) is 0 Å². The molecular formula is C15H21NO. The fraction of sp³-hybridized carbons (Fsp3) is 0.467. The molecule has 1 aliphatic rings. The lowest BCUT2D eigenvalue weighted by molar-refractivity contribution is 0.246. The third-order valence-corrected chi connectivity index (χ3v) is 3.46. The Balaban J connectivity index is 1.78. The Morgan fingerprint density at radius 1 is 1.29 bits per heavy atom. The number of benzene rings is 1. The Labute approximate surface area is 103 Å². The Hall–Kier alpha value is -1.12. The SMILES string of the molecule is C[C@H](CN[C@@H]1C=C[C@H](CO)C1)c1ccccc1. The molecule has 1 aromatic rings. The molecule has 1 aliphatic carbocycles. The second kappa shape index (κ2) is 5.99. The summed E-state index contributed by atoms with van der Waals surface area (Å²) in [5.74, 6) is 0.873. The standard InChI is InChI=1S/C15H21NO/c1-12(14-5-3-2-4-6-14)10-16-15-8-7-13(9-15)11-17/h2-8,12-13,15-17H,9-11H2,1H3/t12-,13+,15-/m1/s1. The zero-order valence-electron chi connectivity index (χ0n) is 10.3. The van der Waals surface area contributed by atoms with Gasteiger partial charge < -0.3 is 10.4 Å². The molecule has 0 spiro atoms. The van der Waals surface area contributed by atoms with Crippen LogP contribution < -0.4 is 5.32 Å². The molecule has 2 heteroatoms. The van der Waals surface area contributed by atoms with Gasteiger partial charge in [-0.3, -0.25) is 0 Å². The van der Waals surface area contributed by atoms with Crippen molar-refractivity contribution in [2.45, 2.75) is 25.3 Å². The van der Waals surface area contributed by atoms with Crippen LogP contribution in [0.15, 0.2) is 42.5 Å². The first kappa shape index (κ1) is 12.3. The Morgan fingerprint density at radius 3 is 2.71 bits per heavy atom. The zero-order chi connectivity index (χ0) is 12.1. The van der Waals surface area contributed by atoms with Crippen molar-refractivity contribution in [2.75, 3.05) is 13.2 Å². The largest absolute Gasteiger partial charge is 0.396 e. The molecule has 2 N–H and O–H groups in total. The Morgan fingerprint density at radius 2 is 2.06 bits per heavy atom. The lowest BCUT2D eigenvalue weighted by Crippen LogP contribution is -2.30. The van der Waals surface area contributed by atoms with Crippen molar-refractivity contribution >= 4 is 0 Å². The second-order valence-electron chi connectivity index (χ2n) is 4.89. The Kier molecular flexibility index (Phi) is 4.35. The summed E-state index contributed by atoms with van der Waals surface area (Å²) in [6, 6.07) is 11.0. The first-order valence-electron chi connectivity index (χ1n) is 6.37. The average Bonchev–Trinajstić information content (AvgIpc) is 2.85. The number of aliphatic hydroxyl groups is 1. The molecule has 0 amide bonds. The van der Waals surface area contributed by atoms with Crippen LogP contribution in [0.25, 0.3) is 0 Å². The van der Waals surface area contributed by atoms with E-state index in [1.165, 1.54) is 5.56 Å². The molecule has 0 saturated heterocycles. The van der Waals surface area contributed by atoms with Crippen molar-refractivity contribution in [3.63, 3.8) is 0 Å². The summed E-state index contributed by atoms with van der Waals surface area (Å²) in [4.78, 5) is 0. The minimum Gasteiger partial charge on any atom is -0.396 e. The summed E-state index contributed by atoms with van der Waals surface area (Å²) in [6.45, 7) is 3.49. The van der Waals surface area contributed by atoms with E-state index >= 15 is 0 Å². The van der Waals surface area contributed by atoms with E-state index in [4.69, 9.17) is 5.11 Å². The smallest absolute Gasteiger partial charge is 0.0494 e. The first-order chi connectivity index (χ1) is 8.29. The molecule has 0 aliphatic heterocycles. The highest BCUT2D eigenvalue weighted by molar-refractivity contribution is 5.19. The molecule has 92 valence electrons. The van der Waals surface area contributed by atoms with Gasteiger partial charge in [-0.15, -0.1) is 0 Å². The van der Waals surface area contributed by atoms with Gasteiger partial charge in [0, 0.05) is 25.1 Å². The van der Waals surface area contributed by atoms with Crippen LogP contribution in [0.3, 0.4) is 0 Å². The monoisotopic (exact) mass is 231 g/mol. The van der Waals surface area contributed by atoms with Gasteiger partial charge in [-0.25, -0.2) is 0 Å². The quantitative estimate of drug-likeness (QED) is 0.762. The minimum atomic E-state index is 0.267. The average molecular weight is 231 g/mol. The van der Waals surface area contributed by atoms with E-state index in [1.807, 2.05) is 0 Å². The molecule has 1 aromatic carbocycles. The highest BCUT2D eigenvalue weighted by atomic mass is 16.3. The first-order valence-corrected chi connectivity index (χ1v) is 6.37. The van der Waals surface area contributed by atoms with Crippen molar-refractivity contribution in [3.05, 3.63) is 48.0 Å². The molecule has 0 heterocycles. The molecule has 0 bridgehead atoms. The molecule has 0 fully saturated rings. The van der Waals surface area contributed by atoms with Gasteiger partial charge in [0.15, 0.2) is 0 Å². The van der Waals surface area contributed by atoms with Gasteiger partial charge in [0.1, 0.15) is 0 Å². The van der Waals surface area contributed by atoms with Crippen LogP contribution in [-0.2, 0) is 0 Å². The lowest BCUT2D eigenvalue weighted by atomic mass is 10.0. The zero-order valence-corrected chi connectivity index (χ0v) is 10.3. The number of rotatable bonds is 5. The van der Waals surface area contributed by atoms with Crippen molar-refractivity contribution in [3.8, 4) is 0 Å². The van der Waals surface area contributed by atoms with Crippen molar-refractivity contribution in [2.24, 2.45) is 5.92 Å². The predicted molar refractivity (Wildman–Crippen MR) is 71.0 cm³/mol. The van der Waals surface area contributed by atoms with E-state index in [-0.39, 0.29) is 6.61 Å². The van der Waals surface area contributed by atoms with Gasteiger partial charge >= 0.3 is 0 Å². The molecule has 0 unspecified atom stereocenters. The van der Waals surface area contributed by atoms with Crippen LogP contribution >= 0.6 is 0 Å². The molecule has 2 nitrogen and oxygen atoms in total. The fourth-order valence-corrected chi connectivity index (χ4v) is 2.29. The number of aliphatic hydroxyl groups excluding tert-OH is 1. The maximum absolute atomic E-state index is 9.06. The van der Waals surface area contributed by atoms with Crippen molar-refractivity contribution in [1.29, 1.82) is 0 Å². The maximum atomic E-state index is 9.06. The summed E-state index contributed by atoms with van der Waals surface area (Å²) in [5, 5.41) is 12.6. The van der Waals surface area contributed by atoms with Gasteiger partial charge in [-0.1, -0.05) is 49.4 Å². The Bertz CT molecular complexity index is 360. The van der Waals surface area contributed by atoms with Crippen molar-refractivity contribution in [1.82, 2.24) is 5.32 Å². The summed E-state index contributed by atoms with van der Waals surface area (Å²) in [6.07, 6.45) is 5.32. The fourth-order valence-electron chi connectivity index (χ4n) is 2.29. The minimum absolute atomic E-state index is 0.267. The third-order valence-electron chi connectivity index (χ3n) is 3.46. The molecule has 3 atom stereocenters. The summed E-state index contributed by atoms with van der Waals surface area (Å²) in [7, 11) is 0. The number of nitrogens with one attached hydrogen (secondary N) is 1. The van der Waals surface area contributed by atoms with E-state index in [0.717, 1.165) is 13.0 Å². The van der Waals surface area contributed by atoms with E-state index < -0.39 is 0 Å². The normalized spacial score (nSPS) is 25.1. The highest BCUT2D eigenvalue weighted by Crippen LogP contribution is 2.19. The predicted octanol–water partition coefficient (Wildman–Crippen LogP) is 2.32.